The highest BCUT2D eigenvalue weighted by Crippen LogP contribution is 2.01. The van der Waals surface area contributed by atoms with Crippen LogP contribution in [0.15, 0.2) is 0 Å². The Hall–Kier alpha value is 0.350. The molecular formula is C7H15S. The molecule has 0 fully saturated rings. The summed E-state index contributed by atoms with van der Waals surface area (Å²) in [6, 6.07) is 0. The lowest BCUT2D eigenvalue weighted by atomic mass is 10.2. The van der Waals surface area contributed by atoms with E-state index in [9.17, 15) is 0 Å². The Kier molecular flexibility index (Phi) is 7.67. The molecule has 0 aromatic rings. The molecule has 49 valence electrons. The number of thiol groups is 1. The summed E-state index contributed by atoms with van der Waals surface area (Å²) in [7, 11) is 0. The van der Waals surface area contributed by atoms with Crippen molar-refractivity contribution in [2.24, 2.45) is 0 Å². The first-order valence-electron chi connectivity index (χ1n) is 3.34. The summed E-state index contributed by atoms with van der Waals surface area (Å²) in [5.74, 6) is 0.934. The van der Waals surface area contributed by atoms with Crippen LogP contribution in [0.4, 0.5) is 0 Å². The van der Waals surface area contributed by atoms with E-state index in [0.717, 1.165) is 5.75 Å². The van der Waals surface area contributed by atoms with Gasteiger partial charge in [0.05, 0.1) is 0 Å². The van der Waals surface area contributed by atoms with Crippen molar-refractivity contribution >= 4 is 12.6 Å². The first kappa shape index (κ1) is 8.35. The van der Waals surface area contributed by atoms with Gasteiger partial charge in [-0.1, -0.05) is 26.2 Å². The molecule has 0 N–H and O–H groups in total. The normalized spacial score (nSPS) is 9.75. The molecule has 0 aromatic heterocycles. The maximum Gasteiger partial charge on any atom is -0.00666 e. The Bertz CT molecular complexity index is 29.4. The van der Waals surface area contributed by atoms with Crippen molar-refractivity contribution in [3.05, 3.63) is 6.42 Å². The van der Waals surface area contributed by atoms with Crippen LogP contribution in [0.1, 0.15) is 32.6 Å². The minimum Gasteiger partial charge on any atom is -0.179 e. The predicted octanol–water partition coefficient (Wildman–Crippen LogP) is 2.70. The molecule has 0 aliphatic heterocycles. The van der Waals surface area contributed by atoms with Crippen LogP contribution in [-0.4, -0.2) is 5.75 Å². The molecule has 0 heterocycles. The van der Waals surface area contributed by atoms with Gasteiger partial charge in [0.15, 0.2) is 0 Å². The van der Waals surface area contributed by atoms with Gasteiger partial charge in [0.1, 0.15) is 0 Å². The molecular weight excluding hydrogens is 116 g/mol. The molecule has 0 saturated heterocycles. The zero-order chi connectivity index (χ0) is 6.24. The zero-order valence-electron chi connectivity index (χ0n) is 5.56. The SMILES string of the molecule is CCCCC[CH]CS. The van der Waals surface area contributed by atoms with E-state index < -0.39 is 0 Å². The molecule has 0 atom stereocenters. The number of hydrogen-bond donors (Lipinski definition) is 1. The molecule has 1 heteroatoms. The third-order valence-electron chi connectivity index (χ3n) is 1.14. The Labute approximate surface area is 58.1 Å². The second-order valence-electron chi connectivity index (χ2n) is 1.97. The molecule has 0 saturated carbocycles. The van der Waals surface area contributed by atoms with E-state index in [1.807, 2.05) is 0 Å². The fourth-order valence-corrected chi connectivity index (χ4v) is 0.813. The summed E-state index contributed by atoms with van der Waals surface area (Å²) in [6.45, 7) is 2.22. The van der Waals surface area contributed by atoms with Crippen LogP contribution < -0.4 is 0 Å². The fraction of sp³-hybridized carbons (Fsp3) is 0.857. The van der Waals surface area contributed by atoms with Crippen molar-refractivity contribution in [3.63, 3.8) is 0 Å². The molecule has 0 rings (SSSR count). The largest absolute Gasteiger partial charge is 0.179 e. The minimum atomic E-state index is 0.934. The van der Waals surface area contributed by atoms with Gasteiger partial charge in [0.25, 0.3) is 0 Å². The zero-order valence-corrected chi connectivity index (χ0v) is 6.45. The van der Waals surface area contributed by atoms with E-state index in [1.165, 1.54) is 25.7 Å². The van der Waals surface area contributed by atoms with Crippen molar-refractivity contribution in [2.75, 3.05) is 5.75 Å². The van der Waals surface area contributed by atoms with Gasteiger partial charge >= 0.3 is 0 Å². The van der Waals surface area contributed by atoms with Crippen molar-refractivity contribution in [1.29, 1.82) is 0 Å². The van der Waals surface area contributed by atoms with Crippen molar-refractivity contribution in [2.45, 2.75) is 32.6 Å². The Morgan fingerprint density at radius 3 is 2.62 bits per heavy atom. The quantitative estimate of drug-likeness (QED) is 0.430. The lowest BCUT2D eigenvalue weighted by Crippen LogP contribution is -1.78. The van der Waals surface area contributed by atoms with Gasteiger partial charge in [0, 0.05) is 0 Å². The first-order chi connectivity index (χ1) is 3.91. The van der Waals surface area contributed by atoms with Gasteiger partial charge in [-0.25, -0.2) is 0 Å². The minimum absolute atomic E-state index is 0.934. The lowest BCUT2D eigenvalue weighted by Gasteiger charge is -1.93. The maximum atomic E-state index is 4.07. The summed E-state index contributed by atoms with van der Waals surface area (Å²) >= 11 is 4.07. The average Bonchev–Trinajstić information content (AvgIpc) is 1.81. The van der Waals surface area contributed by atoms with E-state index in [-0.39, 0.29) is 0 Å². The Balaban J connectivity index is 2.53. The van der Waals surface area contributed by atoms with Crippen LogP contribution in [0.5, 0.6) is 0 Å². The number of hydrogen-bond acceptors (Lipinski definition) is 1. The molecule has 1 radical (unpaired) electrons. The second-order valence-corrected chi connectivity index (χ2v) is 2.33. The molecule has 0 aromatic carbocycles. The van der Waals surface area contributed by atoms with E-state index in [1.54, 1.807) is 0 Å². The molecule has 0 spiro atoms. The Morgan fingerprint density at radius 2 is 2.12 bits per heavy atom. The highest BCUT2D eigenvalue weighted by atomic mass is 32.1. The van der Waals surface area contributed by atoms with E-state index in [2.05, 4.69) is 26.0 Å². The monoisotopic (exact) mass is 131 g/mol. The van der Waals surface area contributed by atoms with Crippen LogP contribution >= 0.6 is 12.6 Å². The van der Waals surface area contributed by atoms with Gasteiger partial charge in [-0.3, -0.25) is 0 Å². The van der Waals surface area contributed by atoms with Gasteiger partial charge in [0.2, 0.25) is 0 Å². The van der Waals surface area contributed by atoms with Crippen LogP contribution in [-0.2, 0) is 0 Å². The van der Waals surface area contributed by atoms with Crippen LogP contribution in [0.3, 0.4) is 0 Å². The maximum absolute atomic E-state index is 4.07. The van der Waals surface area contributed by atoms with Gasteiger partial charge in [-0.15, -0.1) is 0 Å². The second kappa shape index (κ2) is 7.35. The highest BCUT2D eigenvalue weighted by molar-refractivity contribution is 7.80. The lowest BCUT2D eigenvalue weighted by molar-refractivity contribution is 0.712. The summed E-state index contributed by atoms with van der Waals surface area (Å²) in [4.78, 5) is 0. The standard InChI is InChI=1S/C7H15S/c1-2-3-4-5-6-7-8/h6,8H,2-5,7H2,1H3. The Morgan fingerprint density at radius 1 is 1.38 bits per heavy atom. The van der Waals surface area contributed by atoms with Crippen molar-refractivity contribution in [1.82, 2.24) is 0 Å². The van der Waals surface area contributed by atoms with E-state index in [0.29, 0.717) is 0 Å². The topological polar surface area (TPSA) is 0 Å². The van der Waals surface area contributed by atoms with Crippen molar-refractivity contribution < 1.29 is 0 Å². The smallest absolute Gasteiger partial charge is 0.00666 e. The average molecular weight is 131 g/mol. The third kappa shape index (κ3) is 6.35. The van der Waals surface area contributed by atoms with Crippen molar-refractivity contribution in [3.8, 4) is 0 Å². The summed E-state index contributed by atoms with van der Waals surface area (Å²) in [6.07, 6.45) is 7.50. The van der Waals surface area contributed by atoms with Gasteiger partial charge < -0.3 is 0 Å². The van der Waals surface area contributed by atoms with Gasteiger partial charge in [-0.05, 0) is 18.6 Å². The van der Waals surface area contributed by atoms with Crippen LogP contribution in [0.25, 0.3) is 0 Å². The number of rotatable bonds is 5. The predicted molar refractivity (Wildman–Crippen MR) is 42.3 cm³/mol. The van der Waals surface area contributed by atoms with Crippen LogP contribution in [0, 0.1) is 6.42 Å². The fourth-order valence-electron chi connectivity index (χ4n) is 0.630. The molecule has 0 bridgehead atoms. The molecule has 8 heavy (non-hydrogen) atoms. The summed E-state index contributed by atoms with van der Waals surface area (Å²) in [5.41, 5.74) is 0. The van der Waals surface area contributed by atoms with E-state index >= 15 is 0 Å². The van der Waals surface area contributed by atoms with E-state index in [4.69, 9.17) is 0 Å². The highest BCUT2D eigenvalue weighted by Gasteiger charge is 1.84. The molecule has 0 unspecified atom stereocenters. The molecule has 0 nitrogen and oxygen atoms in total. The number of unbranched alkanes of at least 4 members (excludes halogenated alkanes) is 4. The summed E-state index contributed by atoms with van der Waals surface area (Å²) in [5, 5.41) is 0. The van der Waals surface area contributed by atoms with Gasteiger partial charge in [-0.2, -0.15) is 12.6 Å². The summed E-state index contributed by atoms with van der Waals surface area (Å²) < 4.78 is 0. The molecule has 0 amide bonds. The molecule has 0 aliphatic rings. The third-order valence-corrected chi connectivity index (χ3v) is 1.40. The first-order valence-corrected chi connectivity index (χ1v) is 3.97. The van der Waals surface area contributed by atoms with Crippen LogP contribution in [0.2, 0.25) is 0 Å². The molecule has 0 aliphatic carbocycles.